The molecule has 0 radical (unpaired) electrons. The largest absolute Gasteiger partial charge is 0.491 e. The maximum absolute atomic E-state index is 5.40. The lowest BCUT2D eigenvalue weighted by atomic mass is 10.4. The van der Waals surface area contributed by atoms with E-state index < -0.39 is 0 Å². The summed E-state index contributed by atoms with van der Waals surface area (Å²) in [6.45, 7) is 4.65. The quantitative estimate of drug-likeness (QED) is 0.672. The molecule has 1 heterocycles. The summed E-state index contributed by atoms with van der Waals surface area (Å²) in [5.74, 6) is 0.885. The van der Waals surface area contributed by atoms with Crippen molar-refractivity contribution in [3.05, 3.63) is 17.8 Å². The van der Waals surface area contributed by atoms with Crippen molar-refractivity contribution in [3.63, 3.8) is 0 Å². The second-order valence-corrected chi connectivity index (χ2v) is 3.19. The van der Waals surface area contributed by atoms with Gasteiger partial charge in [-0.2, -0.15) is 0 Å². The van der Waals surface area contributed by atoms with Gasteiger partial charge < -0.3 is 4.74 Å². The third-order valence-electron chi connectivity index (χ3n) is 1.46. The minimum absolute atomic E-state index is 0.693. The predicted molar refractivity (Wildman–Crippen MR) is 51.9 cm³/mol. The highest BCUT2D eigenvalue weighted by molar-refractivity contribution is 7.98. The van der Waals surface area contributed by atoms with Crippen LogP contribution in [0.3, 0.4) is 0 Å². The summed E-state index contributed by atoms with van der Waals surface area (Å²) >= 11 is 1.61. The zero-order valence-electron chi connectivity index (χ0n) is 7.63. The van der Waals surface area contributed by atoms with E-state index in [1.54, 1.807) is 11.8 Å². The van der Waals surface area contributed by atoms with E-state index in [1.807, 2.05) is 32.2 Å². The van der Waals surface area contributed by atoms with Gasteiger partial charge in [-0.15, -0.1) is 11.8 Å². The average molecular weight is 183 g/mol. The van der Waals surface area contributed by atoms with Crippen LogP contribution in [0.5, 0.6) is 5.75 Å². The van der Waals surface area contributed by atoms with Crippen LogP contribution in [0.15, 0.2) is 17.2 Å². The molecular weight excluding hydrogens is 170 g/mol. The first-order chi connectivity index (χ1) is 5.77. The van der Waals surface area contributed by atoms with Crippen molar-refractivity contribution in [1.82, 2.24) is 4.98 Å². The summed E-state index contributed by atoms with van der Waals surface area (Å²) < 4.78 is 5.40. The van der Waals surface area contributed by atoms with E-state index in [9.17, 15) is 0 Å². The van der Waals surface area contributed by atoms with Crippen LogP contribution in [-0.2, 0) is 0 Å². The number of aryl methyl sites for hydroxylation is 1. The molecule has 0 spiro atoms. The Balaban J connectivity index is 2.94. The topological polar surface area (TPSA) is 22.1 Å². The van der Waals surface area contributed by atoms with Gasteiger partial charge in [-0.1, -0.05) is 0 Å². The molecule has 0 saturated heterocycles. The van der Waals surface area contributed by atoms with Gasteiger partial charge in [-0.3, -0.25) is 0 Å². The van der Waals surface area contributed by atoms with Gasteiger partial charge in [0.1, 0.15) is 5.03 Å². The smallest absolute Gasteiger partial charge is 0.151 e. The highest BCUT2D eigenvalue weighted by Crippen LogP contribution is 2.25. The van der Waals surface area contributed by atoms with Gasteiger partial charge in [0.05, 0.1) is 6.61 Å². The fraction of sp³-hybridized carbons (Fsp3) is 0.444. The van der Waals surface area contributed by atoms with Crippen LogP contribution >= 0.6 is 11.8 Å². The van der Waals surface area contributed by atoms with E-state index in [2.05, 4.69) is 4.98 Å². The first-order valence-electron chi connectivity index (χ1n) is 3.92. The Morgan fingerprint density at radius 2 is 2.25 bits per heavy atom. The van der Waals surface area contributed by atoms with Crippen molar-refractivity contribution in [3.8, 4) is 5.75 Å². The number of aromatic nitrogens is 1. The molecule has 66 valence electrons. The summed E-state index contributed by atoms with van der Waals surface area (Å²) in [4.78, 5) is 4.35. The average Bonchev–Trinajstić information content (AvgIpc) is 2.08. The van der Waals surface area contributed by atoms with Crippen molar-refractivity contribution in [2.24, 2.45) is 0 Å². The molecule has 0 aliphatic heterocycles. The molecule has 0 bridgehead atoms. The van der Waals surface area contributed by atoms with Crippen molar-refractivity contribution in [2.75, 3.05) is 12.9 Å². The van der Waals surface area contributed by atoms with E-state index in [-0.39, 0.29) is 0 Å². The number of ether oxygens (including phenoxy) is 1. The molecule has 0 aliphatic carbocycles. The van der Waals surface area contributed by atoms with Crippen molar-refractivity contribution in [1.29, 1.82) is 0 Å². The minimum atomic E-state index is 0.693. The van der Waals surface area contributed by atoms with Gasteiger partial charge in [0.15, 0.2) is 5.75 Å². The normalized spacial score (nSPS) is 9.92. The third-order valence-corrected chi connectivity index (χ3v) is 2.14. The van der Waals surface area contributed by atoms with Gasteiger partial charge in [0.25, 0.3) is 0 Å². The first kappa shape index (κ1) is 9.39. The second-order valence-electron chi connectivity index (χ2n) is 2.39. The SMILES string of the molecule is CCOc1ccc(C)nc1SC. The molecule has 1 aromatic heterocycles. The zero-order chi connectivity index (χ0) is 8.97. The Morgan fingerprint density at radius 3 is 2.83 bits per heavy atom. The predicted octanol–water partition coefficient (Wildman–Crippen LogP) is 2.51. The number of pyridine rings is 1. The van der Waals surface area contributed by atoms with Gasteiger partial charge in [0.2, 0.25) is 0 Å². The molecule has 0 amide bonds. The molecule has 0 unspecified atom stereocenters. The van der Waals surface area contributed by atoms with Crippen molar-refractivity contribution >= 4 is 11.8 Å². The molecule has 1 rings (SSSR count). The molecule has 0 saturated carbocycles. The number of thioether (sulfide) groups is 1. The summed E-state index contributed by atoms with van der Waals surface area (Å²) in [5, 5.41) is 0.969. The Labute approximate surface area is 77.3 Å². The third kappa shape index (κ3) is 2.14. The molecule has 12 heavy (non-hydrogen) atoms. The van der Waals surface area contributed by atoms with E-state index in [1.165, 1.54) is 0 Å². The summed E-state index contributed by atoms with van der Waals surface area (Å²) in [7, 11) is 0. The van der Waals surface area contributed by atoms with Crippen LogP contribution in [0.4, 0.5) is 0 Å². The van der Waals surface area contributed by atoms with Gasteiger partial charge in [-0.05, 0) is 32.2 Å². The van der Waals surface area contributed by atoms with Gasteiger partial charge in [0, 0.05) is 5.69 Å². The number of nitrogens with zero attached hydrogens (tertiary/aromatic N) is 1. The number of hydrogen-bond donors (Lipinski definition) is 0. The fourth-order valence-electron chi connectivity index (χ4n) is 0.932. The lowest BCUT2D eigenvalue weighted by Crippen LogP contribution is -1.95. The minimum Gasteiger partial charge on any atom is -0.491 e. The molecular formula is C9H13NOS. The Hall–Kier alpha value is -0.700. The Morgan fingerprint density at radius 1 is 1.50 bits per heavy atom. The molecule has 1 aromatic rings. The molecule has 0 aliphatic rings. The second kappa shape index (κ2) is 4.36. The van der Waals surface area contributed by atoms with Crippen LogP contribution in [-0.4, -0.2) is 17.8 Å². The van der Waals surface area contributed by atoms with E-state index in [0.29, 0.717) is 6.61 Å². The van der Waals surface area contributed by atoms with Crippen LogP contribution in [0.2, 0.25) is 0 Å². The van der Waals surface area contributed by atoms with Crippen LogP contribution < -0.4 is 4.74 Å². The van der Waals surface area contributed by atoms with Gasteiger partial charge >= 0.3 is 0 Å². The van der Waals surface area contributed by atoms with Gasteiger partial charge in [-0.25, -0.2) is 4.98 Å². The number of rotatable bonds is 3. The zero-order valence-corrected chi connectivity index (χ0v) is 8.44. The molecule has 0 aromatic carbocycles. The van der Waals surface area contributed by atoms with E-state index >= 15 is 0 Å². The van der Waals surface area contributed by atoms with Crippen LogP contribution in [0, 0.1) is 6.92 Å². The maximum atomic E-state index is 5.40. The summed E-state index contributed by atoms with van der Waals surface area (Å²) in [5.41, 5.74) is 1.03. The fourth-order valence-corrected chi connectivity index (χ4v) is 1.50. The molecule has 0 N–H and O–H groups in total. The molecule has 3 heteroatoms. The van der Waals surface area contributed by atoms with Crippen molar-refractivity contribution in [2.45, 2.75) is 18.9 Å². The first-order valence-corrected chi connectivity index (χ1v) is 5.14. The lowest BCUT2D eigenvalue weighted by molar-refractivity contribution is 0.329. The lowest BCUT2D eigenvalue weighted by Gasteiger charge is -2.07. The highest BCUT2D eigenvalue weighted by atomic mass is 32.2. The van der Waals surface area contributed by atoms with Crippen LogP contribution in [0.1, 0.15) is 12.6 Å². The monoisotopic (exact) mass is 183 g/mol. The van der Waals surface area contributed by atoms with E-state index in [4.69, 9.17) is 4.74 Å². The number of hydrogen-bond acceptors (Lipinski definition) is 3. The summed E-state index contributed by atoms with van der Waals surface area (Å²) in [6, 6.07) is 3.93. The van der Waals surface area contributed by atoms with Crippen molar-refractivity contribution < 1.29 is 4.74 Å². The Bertz CT molecular complexity index is 263. The standard InChI is InChI=1S/C9H13NOS/c1-4-11-8-6-5-7(2)10-9(8)12-3/h5-6H,4H2,1-3H3. The van der Waals surface area contributed by atoms with E-state index in [0.717, 1.165) is 16.5 Å². The Kier molecular flexibility index (Phi) is 3.41. The molecule has 0 fully saturated rings. The summed E-state index contributed by atoms with van der Waals surface area (Å²) in [6.07, 6.45) is 2.00. The highest BCUT2D eigenvalue weighted by Gasteiger charge is 2.02. The molecule has 0 atom stereocenters. The maximum Gasteiger partial charge on any atom is 0.151 e. The molecule has 2 nitrogen and oxygen atoms in total. The van der Waals surface area contributed by atoms with Crippen LogP contribution in [0.25, 0.3) is 0 Å².